The van der Waals surface area contributed by atoms with Crippen molar-refractivity contribution in [3.05, 3.63) is 57.9 Å². The molecule has 2 aromatic rings. The molecule has 0 aliphatic rings. The molecule has 7 heteroatoms. The Bertz CT molecular complexity index is 752. The molecule has 0 aliphatic heterocycles. The third-order valence-corrected chi connectivity index (χ3v) is 4.07. The number of aromatic nitrogens is 2. The summed E-state index contributed by atoms with van der Waals surface area (Å²) >= 11 is 0. The van der Waals surface area contributed by atoms with E-state index >= 15 is 0 Å². The lowest BCUT2D eigenvalue weighted by molar-refractivity contribution is -0.385. The highest BCUT2D eigenvalue weighted by Gasteiger charge is 2.32. The van der Waals surface area contributed by atoms with E-state index in [4.69, 9.17) is 0 Å². The summed E-state index contributed by atoms with van der Waals surface area (Å²) in [7, 11) is 0. The van der Waals surface area contributed by atoms with Crippen molar-refractivity contribution in [1.82, 2.24) is 15.1 Å². The van der Waals surface area contributed by atoms with Gasteiger partial charge in [0.2, 0.25) is 5.91 Å². The Hall–Kier alpha value is -2.70. The number of carbonyl (C=O) groups excluding carboxylic acids is 1. The second-order valence-corrected chi connectivity index (χ2v) is 6.46. The molecule has 24 heavy (non-hydrogen) atoms. The van der Waals surface area contributed by atoms with E-state index in [1.807, 2.05) is 38.1 Å². The van der Waals surface area contributed by atoms with Gasteiger partial charge in [0, 0.05) is 6.04 Å². The first-order valence-electron chi connectivity index (χ1n) is 7.77. The highest BCUT2D eigenvalue weighted by molar-refractivity contribution is 5.83. The van der Waals surface area contributed by atoms with Gasteiger partial charge in [-0.15, -0.1) is 0 Å². The number of benzene rings is 1. The maximum absolute atomic E-state index is 12.6. The molecule has 1 aromatic heterocycles. The lowest BCUT2D eigenvalue weighted by Gasteiger charge is -2.26. The van der Waals surface area contributed by atoms with E-state index in [1.54, 1.807) is 13.8 Å². The minimum Gasteiger partial charge on any atom is -0.351 e. The van der Waals surface area contributed by atoms with Crippen molar-refractivity contribution in [2.24, 2.45) is 0 Å². The lowest BCUT2D eigenvalue weighted by atomic mass is 10.00. The largest absolute Gasteiger partial charge is 0.351 e. The topological polar surface area (TPSA) is 90.1 Å². The Morgan fingerprint density at radius 2 is 2.08 bits per heavy atom. The van der Waals surface area contributed by atoms with Crippen LogP contribution in [0.1, 0.15) is 31.9 Å². The number of nitrogens with zero attached hydrogens (tertiary/aromatic N) is 3. The number of nitro groups is 1. The van der Waals surface area contributed by atoms with Crippen molar-refractivity contribution < 1.29 is 9.72 Å². The van der Waals surface area contributed by atoms with Crippen LogP contribution in [0.2, 0.25) is 0 Å². The predicted octanol–water partition coefficient (Wildman–Crippen LogP) is 2.58. The van der Waals surface area contributed by atoms with Gasteiger partial charge in [-0.3, -0.25) is 19.6 Å². The highest BCUT2D eigenvalue weighted by Crippen LogP contribution is 2.19. The van der Waals surface area contributed by atoms with Gasteiger partial charge in [0.1, 0.15) is 17.9 Å². The highest BCUT2D eigenvalue weighted by atomic mass is 16.6. The molecule has 1 N–H and O–H groups in total. The zero-order valence-electron chi connectivity index (χ0n) is 14.3. The van der Waals surface area contributed by atoms with Crippen LogP contribution in [-0.2, 0) is 16.8 Å². The Balaban J connectivity index is 2.06. The first-order chi connectivity index (χ1) is 11.2. The normalized spacial score (nSPS) is 12.7. The van der Waals surface area contributed by atoms with Gasteiger partial charge >= 0.3 is 5.69 Å². The molecule has 7 nitrogen and oxygen atoms in total. The van der Waals surface area contributed by atoms with E-state index in [0.717, 1.165) is 6.20 Å². The van der Waals surface area contributed by atoms with E-state index in [2.05, 4.69) is 10.4 Å². The van der Waals surface area contributed by atoms with Crippen LogP contribution in [0.4, 0.5) is 5.69 Å². The first kappa shape index (κ1) is 17.7. The van der Waals surface area contributed by atoms with Crippen LogP contribution >= 0.6 is 0 Å². The molecule has 1 heterocycles. The van der Waals surface area contributed by atoms with E-state index < -0.39 is 10.5 Å². The smallest absolute Gasteiger partial charge is 0.307 e. The van der Waals surface area contributed by atoms with Crippen molar-refractivity contribution in [2.45, 2.75) is 45.7 Å². The third kappa shape index (κ3) is 3.79. The molecule has 0 saturated carbocycles. The fourth-order valence-electron chi connectivity index (χ4n) is 2.44. The summed E-state index contributed by atoms with van der Waals surface area (Å²) < 4.78 is 1.32. The Kier molecular flexibility index (Phi) is 5.02. The van der Waals surface area contributed by atoms with Gasteiger partial charge in [0.05, 0.1) is 4.92 Å². The summed E-state index contributed by atoms with van der Waals surface area (Å²) in [6.45, 7) is 7.34. The molecule has 1 amide bonds. The minimum absolute atomic E-state index is 0.0663. The van der Waals surface area contributed by atoms with Gasteiger partial charge in [-0.25, -0.2) is 0 Å². The minimum atomic E-state index is -1.02. The maximum atomic E-state index is 12.6. The van der Waals surface area contributed by atoms with Gasteiger partial charge in [0.25, 0.3) is 0 Å². The van der Waals surface area contributed by atoms with Crippen LogP contribution in [-0.4, -0.2) is 26.7 Å². The number of carbonyl (C=O) groups is 1. The van der Waals surface area contributed by atoms with Crippen LogP contribution in [0, 0.1) is 17.0 Å². The number of amides is 1. The van der Waals surface area contributed by atoms with Gasteiger partial charge in [-0.2, -0.15) is 5.10 Å². The van der Waals surface area contributed by atoms with Crippen LogP contribution in [0.3, 0.4) is 0 Å². The van der Waals surface area contributed by atoms with E-state index in [-0.39, 0.29) is 17.6 Å². The van der Waals surface area contributed by atoms with Crippen molar-refractivity contribution in [3.8, 4) is 0 Å². The zero-order valence-corrected chi connectivity index (χ0v) is 14.3. The summed E-state index contributed by atoms with van der Waals surface area (Å²) in [5.41, 5.74) is 1.20. The fraction of sp³-hybridized carbons (Fsp3) is 0.412. The molecule has 1 aromatic carbocycles. The average molecular weight is 330 g/mol. The zero-order chi connectivity index (χ0) is 17.9. The predicted molar refractivity (Wildman–Crippen MR) is 90.7 cm³/mol. The van der Waals surface area contributed by atoms with E-state index in [9.17, 15) is 14.9 Å². The second kappa shape index (κ2) is 6.82. The quantitative estimate of drug-likeness (QED) is 0.651. The average Bonchev–Trinajstić information content (AvgIpc) is 3.00. The summed E-state index contributed by atoms with van der Waals surface area (Å²) in [6.07, 6.45) is 3.13. The van der Waals surface area contributed by atoms with Crippen molar-refractivity contribution in [3.63, 3.8) is 0 Å². The van der Waals surface area contributed by atoms with Crippen molar-refractivity contribution in [1.29, 1.82) is 0 Å². The number of hydrogen-bond acceptors (Lipinski definition) is 4. The van der Waals surface area contributed by atoms with Gasteiger partial charge in [0.15, 0.2) is 0 Å². The summed E-state index contributed by atoms with van der Waals surface area (Å²) in [5, 5.41) is 17.7. The molecule has 0 spiro atoms. The molecule has 0 fully saturated rings. The monoisotopic (exact) mass is 330 g/mol. The molecular weight excluding hydrogens is 308 g/mol. The summed E-state index contributed by atoms with van der Waals surface area (Å²) in [4.78, 5) is 22.8. The molecule has 0 radical (unpaired) electrons. The van der Waals surface area contributed by atoms with Crippen LogP contribution in [0.15, 0.2) is 36.7 Å². The third-order valence-electron chi connectivity index (χ3n) is 4.07. The molecule has 0 bridgehead atoms. The molecule has 0 unspecified atom stereocenters. The summed E-state index contributed by atoms with van der Waals surface area (Å²) in [6, 6.07) is 7.97. The van der Waals surface area contributed by atoms with Gasteiger partial charge in [-0.1, -0.05) is 24.3 Å². The summed E-state index contributed by atoms with van der Waals surface area (Å²) in [5.74, 6) is -0.235. The van der Waals surface area contributed by atoms with Crippen LogP contribution in [0.5, 0.6) is 0 Å². The molecule has 128 valence electrons. The number of nitrogens with one attached hydrogen (secondary N) is 1. The fourth-order valence-corrected chi connectivity index (χ4v) is 2.44. The van der Waals surface area contributed by atoms with Crippen molar-refractivity contribution in [2.75, 3.05) is 0 Å². The molecule has 0 aliphatic carbocycles. The van der Waals surface area contributed by atoms with Crippen LogP contribution < -0.4 is 5.32 Å². The van der Waals surface area contributed by atoms with Gasteiger partial charge in [-0.05, 0) is 45.2 Å². The second-order valence-electron chi connectivity index (χ2n) is 6.46. The molecule has 1 atom stereocenters. The van der Waals surface area contributed by atoms with E-state index in [0.29, 0.717) is 6.42 Å². The first-order valence-corrected chi connectivity index (χ1v) is 7.77. The standard InChI is InChI=1S/C17H22N4O3/c1-12-7-5-6-8-14(12)9-13(2)19-16(22)17(3,4)20-11-15(10-18-20)21(23)24/h5-8,10-11,13H,9H2,1-4H3,(H,19,22)/t13-/m1/s1. The molecule has 2 rings (SSSR count). The van der Waals surface area contributed by atoms with Gasteiger partial charge < -0.3 is 5.32 Å². The number of aryl methyl sites for hydroxylation is 1. The Morgan fingerprint density at radius 1 is 1.42 bits per heavy atom. The number of rotatable bonds is 6. The molecule has 0 saturated heterocycles. The SMILES string of the molecule is Cc1ccccc1C[C@@H](C)NC(=O)C(C)(C)n1cc([N+](=O)[O-])cn1. The maximum Gasteiger partial charge on any atom is 0.307 e. The lowest BCUT2D eigenvalue weighted by Crippen LogP contribution is -2.48. The van der Waals surface area contributed by atoms with Crippen LogP contribution in [0.25, 0.3) is 0 Å². The molecular formula is C17H22N4O3. The number of hydrogen-bond donors (Lipinski definition) is 1. The van der Waals surface area contributed by atoms with E-state index in [1.165, 1.54) is 22.0 Å². The Labute approximate surface area is 140 Å². The Morgan fingerprint density at radius 3 is 2.67 bits per heavy atom. The van der Waals surface area contributed by atoms with Crippen molar-refractivity contribution >= 4 is 11.6 Å².